The van der Waals surface area contributed by atoms with E-state index in [9.17, 15) is 4.79 Å². The molecule has 3 aromatic rings. The number of hydrogen-bond acceptors (Lipinski definition) is 5. The van der Waals surface area contributed by atoms with Crippen LogP contribution in [-0.2, 0) is 6.42 Å². The molecule has 4 heterocycles. The van der Waals surface area contributed by atoms with Crippen molar-refractivity contribution in [3.8, 4) is 11.5 Å². The van der Waals surface area contributed by atoms with Gasteiger partial charge in [-0.2, -0.15) is 0 Å². The highest BCUT2D eigenvalue weighted by atomic mass is 35.5. The molecule has 0 spiro atoms. The number of nitrogens with zero attached hydrogens (tertiary/aromatic N) is 3. The fourth-order valence-corrected chi connectivity index (χ4v) is 4.82. The van der Waals surface area contributed by atoms with Crippen LogP contribution >= 0.6 is 24.8 Å². The van der Waals surface area contributed by atoms with Crippen molar-refractivity contribution in [2.24, 2.45) is 5.92 Å². The third-order valence-corrected chi connectivity index (χ3v) is 6.30. The van der Waals surface area contributed by atoms with Gasteiger partial charge in [-0.05, 0) is 37.6 Å². The zero-order chi connectivity index (χ0) is 20.0. The monoisotopic (exact) mass is 463 g/mol. The number of methoxy groups -OCH3 is 1. The summed E-state index contributed by atoms with van der Waals surface area (Å²) >= 11 is 0. The Morgan fingerprint density at radius 2 is 2.00 bits per heavy atom. The van der Waals surface area contributed by atoms with Crippen LogP contribution in [0.25, 0.3) is 5.65 Å². The molecule has 1 saturated heterocycles. The number of halogens is 2. The molecular formula is C23H27Cl2N3O3. The van der Waals surface area contributed by atoms with E-state index in [1.54, 1.807) is 17.7 Å². The van der Waals surface area contributed by atoms with Crippen LogP contribution in [0, 0.1) is 12.8 Å². The number of likely N-dealkylation sites (tertiary alicyclic amines) is 1. The number of rotatable bonds is 4. The number of hydrogen-bond donors (Lipinski definition) is 0. The summed E-state index contributed by atoms with van der Waals surface area (Å²) in [5.41, 5.74) is 3.56. The summed E-state index contributed by atoms with van der Waals surface area (Å²) in [5.74, 6) is 2.72. The smallest absolute Gasteiger partial charge is 0.261 e. The van der Waals surface area contributed by atoms with E-state index >= 15 is 0 Å². The van der Waals surface area contributed by atoms with E-state index in [-0.39, 0.29) is 30.4 Å². The summed E-state index contributed by atoms with van der Waals surface area (Å²) in [6.07, 6.45) is 2.49. The average molecular weight is 464 g/mol. The van der Waals surface area contributed by atoms with Crippen molar-refractivity contribution in [1.82, 2.24) is 14.3 Å². The number of benzene rings is 1. The topological polar surface area (TPSA) is 56.1 Å². The lowest BCUT2D eigenvalue weighted by atomic mass is 9.86. The van der Waals surface area contributed by atoms with Crippen LogP contribution < -0.4 is 15.0 Å². The van der Waals surface area contributed by atoms with E-state index in [2.05, 4.69) is 9.88 Å². The average Bonchev–Trinajstić information content (AvgIpc) is 3.16. The molecule has 1 aromatic carbocycles. The predicted molar refractivity (Wildman–Crippen MR) is 126 cm³/mol. The lowest BCUT2D eigenvalue weighted by Gasteiger charge is -2.29. The van der Waals surface area contributed by atoms with Gasteiger partial charge in [-0.25, -0.2) is 4.98 Å². The quantitative estimate of drug-likeness (QED) is 0.592. The molecule has 2 aliphatic heterocycles. The first-order chi connectivity index (χ1) is 14.2. The number of fused-ring (bicyclic) bond motifs is 4. The van der Waals surface area contributed by atoms with Gasteiger partial charge in [0.1, 0.15) is 17.1 Å². The maximum atomic E-state index is 12.9. The molecular weight excluding hydrogens is 437 g/mol. The normalized spacial score (nSPS) is 19.5. The molecule has 2 atom stereocenters. The van der Waals surface area contributed by atoms with Gasteiger partial charge in [0.2, 0.25) is 0 Å². The second kappa shape index (κ2) is 9.47. The first kappa shape index (κ1) is 23.4. The third kappa shape index (κ3) is 4.12. The molecule has 0 aliphatic carbocycles. The van der Waals surface area contributed by atoms with E-state index in [0.29, 0.717) is 23.9 Å². The molecule has 0 saturated carbocycles. The zero-order valence-electron chi connectivity index (χ0n) is 17.6. The number of aromatic nitrogens is 2. The van der Waals surface area contributed by atoms with Crippen LogP contribution in [0.1, 0.15) is 22.7 Å². The maximum Gasteiger partial charge on any atom is 0.261 e. The van der Waals surface area contributed by atoms with Gasteiger partial charge < -0.3 is 14.4 Å². The molecule has 0 bridgehead atoms. The minimum Gasteiger partial charge on any atom is -0.496 e. The summed E-state index contributed by atoms with van der Waals surface area (Å²) in [7, 11) is 1.72. The first-order valence-corrected chi connectivity index (χ1v) is 10.1. The Kier molecular flexibility index (Phi) is 7.14. The molecule has 8 heteroatoms. The van der Waals surface area contributed by atoms with Crippen molar-refractivity contribution in [2.45, 2.75) is 19.3 Å². The fourth-order valence-electron chi connectivity index (χ4n) is 4.82. The molecule has 0 amide bonds. The highest BCUT2D eigenvalue weighted by molar-refractivity contribution is 5.85. The van der Waals surface area contributed by atoms with Gasteiger partial charge in [0.25, 0.3) is 5.56 Å². The van der Waals surface area contributed by atoms with E-state index in [4.69, 9.17) is 9.47 Å². The van der Waals surface area contributed by atoms with Crippen LogP contribution in [0.2, 0.25) is 0 Å². The molecule has 31 heavy (non-hydrogen) atoms. The molecule has 166 valence electrons. The SMILES string of the molecule is COc1cccc2c1[C@H]1CN(CCc3c(C)nc4ccccn4c3=O)C[C@H]1CO2.Cl.Cl. The third-order valence-electron chi connectivity index (χ3n) is 6.30. The van der Waals surface area contributed by atoms with Crippen LogP contribution in [0.3, 0.4) is 0 Å². The summed E-state index contributed by atoms with van der Waals surface area (Å²) < 4.78 is 13.3. The summed E-state index contributed by atoms with van der Waals surface area (Å²) in [4.78, 5) is 20.0. The molecule has 0 unspecified atom stereocenters. The minimum absolute atomic E-state index is 0. The van der Waals surface area contributed by atoms with Crippen molar-refractivity contribution in [2.75, 3.05) is 33.4 Å². The number of pyridine rings is 1. The fraction of sp³-hybridized carbons (Fsp3) is 0.391. The summed E-state index contributed by atoms with van der Waals surface area (Å²) in [6.45, 7) is 5.45. The van der Waals surface area contributed by atoms with E-state index in [1.807, 2.05) is 43.3 Å². The minimum atomic E-state index is 0. The summed E-state index contributed by atoms with van der Waals surface area (Å²) in [5, 5.41) is 0. The first-order valence-electron chi connectivity index (χ1n) is 10.1. The van der Waals surface area contributed by atoms with Crippen molar-refractivity contribution in [3.05, 3.63) is 69.8 Å². The Hall–Kier alpha value is -2.28. The predicted octanol–water partition coefficient (Wildman–Crippen LogP) is 3.51. The van der Waals surface area contributed by atoms with Gasteiger partial charge in [0, 0.05) is 54.5 Å². The van der Waals surface area contributed by atoms with Crippen LogP contribution in [-0.4, -0.2) is 47.6 Å². The Balaban J connectivity index is 0.00000136. The van der Waals surface area contributed by atoms with Gasteiger partial charge in [-0.1, -0.05) is 12.1 Å². The standard InChI is InChI=1S/C23H25N3O3.2ClH/c1-15-17(23(27)26-10-4-3-8-21(26)24-15)9-11-25-12-16-14-29-20-7-5-6-19(28-2)22(20)18(16)13-25;;/h3-8,10,16,18H,9,11-14H2,1-2H3;2*1H/t16-,18-;;/m0../s1. The van der Waals surface area contributed by atoms with Crippen molar-refractivity contribution in [3.63, 3.8) is 0 Å². The Bertz CT molecular complexity index is 1120. The molecule has 2 aliphatic rings. The van der Waals surface area contributed by atoms with Gasteiger partial charge in [0.05, 0.1) is 13.7 Å². The molecule has 2 aromatic heterocycles. The Morgan fingerprint density at radius 1 is 1.16 bits per heavy atom. The van der Waals surface area contributed by atoms with Gasteiger partial charge in [-0.15, -0.1) is 24.8 Å². The van der Waals surface area contributed by atoms with Gasteiger partial charge in [0.15, 0.2) is 0 Å². The van der Waals surface area contributed by atoms with E-state index in [1.165, 1.54) is 5.56 Å². The Labute approximate surface area is 194 Å². The van der Waals surface area contributed by atoms with E-state index < -0.39 is 0 Å². The lowest BCUT2D eigenvalue weighted by molar-refractivity contribution is 0.209. The molecule has 6 nitrogen and oxygen atoms in total. The van der Waals surface area contributed by atoms with Crippen molar-refractivity contribution < 1.29 is 9.47 Å². The number of aryl methyl sites for hydroxylation is 1. The summed E-state index contributed by atoms with van der Waals surface area (Å²) in [6, 6.07) is 11.7. The largest absolute Gasteiger partial charge is 0.496 e. The second-order valence-corrected chi connectivity index (χ2v) is 7.97. The van der Waals surface area contributed by atoms with Crippen LogP contribution in [0.5, 0.6) is 11.5 Å². The number of ether oxygens (including phenoxy) is 2. The van der Waals surface area contributed by atoms with Crippen LogP contribution in [0.15, 0.2) is 47.4 Å². The molecule has 1 fully saturated rings. The zero-order valence-corrected chi connectivity index (χ0v) is 19.2. The highest BCUT2D eigenvalue weighted by Crippen LogP contribution is 2.45. The van der Waals surface area contributed by atoms with Gasteiger partial charge in [-0.3, -0.25) is 9.20 Å². The maximum absolute atomic E-state index is 12.9. The second-order valence-electron chi connectivity index (χ2n) is 7.97. The van der Waals surface area contributed by atoms with Gasteiger partial charge >= 0.3 is 0 Å². The molecule has 0 N–H and O–H groups in total. The lowest BCUT2D eigenvalue weighted by Crippen LogP contribution is -2.28. The van der Waals surface area contributed by atoms with Crippen LogP contribution in [0.4, 0.5) is 0 Å². The highest BCUT2D eigenvalue weighted by Gasteiger charge is 2.40. The van der Waals surface area contributed by atoms with E-state index in [0.717, 1.165) is 49.0 Å². The van der Waals surface area contributed by atoms with Crippen molar-refractivity contribution in [1.29, 1.82) is 0 Å². The molecule has 5 rings (SSSR count). The van der Waals surface area contributed by atoms with Crippen molar-refractivity contribution >= 4 is 30.5 Å². The Morgan fingerprint density at radius 3 is 2.81 bits per heavy atom. The molecule has 0 radical (unpaired) electrons.